The van der Waals surface area contributed by atoms with Gasteiger partial charge in [0.1, 0.15) is 0 Å². The Labute approximate surface area is 152 Å². The quantitative estimate of drug-likeness (QED) is 0.677. The molecule has 3 rings (SSSR count). The lowest BCUT2D eigenvalue weighted by molar-refractivity contribution is 0.0953. The summed E-state index contributed by atoms with van der Waals surface area (Å²) in [5.41, 5.74) is 3.51. The summed E-state index contributed by atoms with van der Waals surface area (Å²) >= 11 is 0. The second-order valence-electron chi connectivity index (χ2n) is 6.07. The fourth-order valence-electron chi connectivity index (χ4n) is 2.52. The number of amides is 1. The Kier molecular flexibility index (Phi) is 5.63. The maximum absolute atomic E-state index is 12.0. The van der Waals surface area contributed by atoms with Crippen LogP contribution in [0, 0.1) is 6.92 Å². The monoisotopic (exact) mass is 350 g/mol. The molecule has 6 heteroatoms. The molecule has 0 saturated heterocycles. The van der Waals surface area contributed by atoms with Gasteiger partial charge < -0.3 is 15.2 Å². The molecule has 2 aromatic carbocycles. The number of hydrogen-bond acceptors (Lipinski definition) is 5. The number of benzene rings is 2. The fourth-order valence-corrected chi connectivity index (χ4v) is 2.52. The first-order valence-electron chi connectivity index (χ1n) is 8.67. The number of nitrogens with zero attached hydrogens (tertiary/aromatic N) is 2. The number of carbonyl (C=O) groups is 1. The maximum Gasteiger partial charge on any atom is 0.251 e. The second kappa shape index (κ2) is 8.29. The Morgan fingerprint density at radius 3 is 2.81 bits per heavy atom. The largest absolute Gasteiger partial charge is 0.376 e. The Hall–Kier alpha value is -3.15. The minimum atomic E-state index is -0.0741. The van der Waals surface area contributed by atoms with E-state index < -0.39 is 0 Å². The third kappa shape index (κ3) is 4.47. The minimum absolute atomic E-state index is 0.0741. The number of nitrogens with one attached hydrogen (secondary N) is 2. The molecule has 6 nitrogen and oxygen atoms in total. The van der Waals surface area contributed by atoms with Gasteiger partial charge in [-0.25, -0.2) is 0 Å². The van der Waals surface area contributed by atoms with Gasteiger partial charge in [-0.1, -0.05) is 41.9 Å². The summed E-state index contributed by atoms with van der Waals surface area (Å²) in [6.07, 6.45) is 0.907. The normalized spacial score (nSPS) is 10.5. The van der Waals surface area contributed by atoms with Gasteiger partial charge in [-0.3, -0.25) is 4.79 Å². The van der Waals surface area contributed by atoms with Gasteiger partial charge in [0.05, 0.1) is 6.54 Å². The highest BCUT2D eigenvalue weighted by Gasteiger charge is 2.09. The van der Waals surface area contributed by atoms with Crippen LogP contribution in [-0.4, -0.2) is 22.6 Å². The molecule has 0 aliphatic heterocycles. The molecule has 134 valence electrons. The Morgan fingerprint density at radius 1 is 1.15 bits per heavy atom. The van der Waals surface area contributed by atoms with Crippen molar-refractivity contribution in [1.82, 2.24) is 15.5 Å². The van der Waals surface area contributed by atoms with E-state index in [9.17, 15) is 4.79 Å². The van der Waals surface area contributed by atoms with Gasteiger partial charge in [0, 0.05) is 23.4 Å². The minimum Gasteiger partial charge on any atom is -0.376 e. The Bertz CT molecular complexity index is 889. The highest BCUT2D eigenvalue weighted by molar-refractivity contribution is 5.95. The fraction of sp³-hybridized carbons (Fsp3) is 0.250. The van der Waals surface area contributed by atoms with E-state index in [0.29, 0.717) is 30.4 Å². The van der Waals surface area contributed by atoms with E-state index in [-0.39, 0.29) is 5.91 Å². The van der Waals surface area contributed by atoms with Crippen LogP contribution in [0.1, 0.15) is 35.2 Å². The van der Waals surface area contributed by atoms with E-state index in [4.69, 9.17) is 4.52 Å². The second-order valence-corrected chi connectivity index (χ2v) is 6.07. The van der Waals surface area contributed by atoms with Crippen molar-refractivity contribution < 1.29 is 9.32 Å². The van der Waals surface area contributed by atoms with E-state index in [0.717, 1.165) is 23.2 Å². The van der Waals surface area contributed by atoms with Crippen LogP contribution < -0.4 is 10.6 Å². The maximum atomic E-state index is 12.0. The van der Waals surface area contributed by atoms with Crippen LogP contribution >= 0.6 is 0 Å². The predicted molar refractivity (Wildman–Crippen MR) is 101 cm³/mol. The molecule has 0 atom stereocenters. The highest BCUT2D eigenvalue weighted by atomic mass is 16.5. The van der Waals surface area contributed by atoms with Gasteiger partial charge in [-0.15, -0.1) is 0 Å². The highest BCUT2D eigenvalue weighted by Crippen LogP contribution is 2.18. The third-order valence-corrected chi connectivity index (χ3v) is 3.85. The average Bonchev–Trinajstić information content (AvgIpc) is 3.14. The number of aryl methyl sites for hydroxylation is 1. The molecule has 0 spiro atoms. The van der Waals surface area contributed by atoms with Crippen LogP contribution in [0.4, 0.5) is 5.69 Å². The lowest BCUT2D eigenvalue weighted by Gasteiger charge is -2.07. The van der Waals surface area contributed by atoms with Crippen LogP contribution in [0.2, 0.25) is 0 Å². The number of carbonyl (C=O) groups excluding carboxylic acids is 1. The number of hydrogen-bond donors (Lipinski definition) is 2. The summed E-state index contributed by atoms with van der Waals surface area (Å²) in [7, 11) is 0. The molecule has 0 saturated carbocycles. The van der Waals surface area contributed by atoms with Crippen LogP contribution in [0.5, 0.6) is 0 Å². The van der Waals surface area contributed by atoms with Gasteiger partial charge in [-0.05, 0) is 37.6 Å². The van der Waals surface area contributed by atoms with Crippen molar-refractivity contribution in [2.45, 2.75) is 26.8 Å². The summed E-state index contributed by atoms with van der Waals surface area (Å²) < 4.78 is 5.31. The summed E-state index contributed by atoms with van der Waals surface area (Å²) in [6, 6.07) is 15.3. The predicted octanol–water partition coefficient (Wildman–Crippen LogP) is 3.80. The zero-order valence-electron chi connectivity index (χ0n) is 15.0. The van der Waals surface area contributed by atoms with Crippen LogP contribution in [-0.2, 0) is 6.54 Å². The van der Waals surface area contributed by atoms with Gasteiger partial charge in [0.2, 0.25) is 11.7 Å². The van der Waals surface area contributed by atoms with Crippen LogP contribution in [0.25, 0.3) is 11.4 Å². The summed E-state index contributed by atoms with van der Waals surface area (Å²) in [4.78, 5) is 16.5. The van der Waals surface area contributed by atoms with E-state index in [2.05, 4.69) is 20.8 Å². The molecule has 1 aromatic heterocycles. The van der Waals surface area contributed by atoms with Gasteiger partial charge in [0.25, 0.3) is 5.91 Å². The number of aromatic nitrogens is 2. The van der Waals surface area contributed by atoms with E-state index in [1.807, 2.05) is 56.3 Å². The van der Waals surface area contributed by atoms with Gasteiger partial charge in [-0.2, -0.15) is 4.98 Å². The molecule has 1 amide bonds. The van der Waals surface area contributed by atoms with Crippen molar-refractivity contribution in [1.29, 1.82) is 0 Å². The molecule has 0 aliphatic rings. The van der Waals surface area contributed by atoms with Gasteiger partial charge in [0.15, 0.2) is 0 Å². The third-order valence-electron chi connectivity index (χ3n) is 3.85. The SMILES string of the molecule is CCCNC(=O)c1cccc(NCc2nc(-c3cccc(C)c3)no2)c1. The molecule has 0 radical (unpaired) electrons. The van der Waals surface area contributed by atoms with Crippen molar-refractivity contribution >= 4 is 11.6 Å². The van der Waals surface area contributed by atoms with Crippen molar-refractivity contribution in [2.24, 2.45) is 0 Å². The van der Waals surface area contributed by atoms with E-state index >= 15 is 0 Å². The molecule has 0 bridgehead atoms. The molecule has 0 unspecified atom stereocenters. The van der Waals surface area contributed by atoms with Crippen LogP contribution in [0.3, 0.4) is 0 Å². The summed E-state index contributed by atoms with van der Waals surface area (Å²) in [5.74, 6) is 0.982. The molecule has 0 aliphatic carbocycles. The van der Waals surface area contributed by atoms with Crippen LogP contribution in [0.15, 0.2) is 53.1 Å². The first-order valence-corrected chi connectivity index (χ1v) is 8.67. The molecular formula is C20H22N4O2. The smallest absolute Gasteiger partial charge is 0.251 e. The number of rotatable bonds is 7. The van der Waals surface area contributed by atoms with Crippen molar-refractivity contribution in [3.8, 4) is 11.4 Å². The summed E-state index contributed by atoms with van der Waals surface area (Å²) in [5, 5.41) is 10.1. The van der Waals surface area contributed by atoms with Crippen molar-refractivity contribution in [3.63, 3.8) is 0 Å². The lowest BCUT2D eigenvalue weighted by Crippen LogP contribution is -2.23. The molecule has 2 N–H and O–H groups in total. The zero-order valence-corrected chi connectivity index (χ0v) is 15.0. The molecule has 0 fully saturated rings. The standard InChI is InChI=1S/C20H22N4O2/c1-3-10-21-20(25)16-8-5-9-17(12-16)22-13-18-23-19(24-26-18)15-7-4-6-14(2)11-15/h4-9,11-12,22H,3,10,13H2,1-2H3,(H,21,25). The molecule has 1 heterocycles. The average molecular weight is 350 g/mol. The topological polar surface area (TPSA) is 80.0 Å². The van der Waals surface area contributed by atoms with E-state index in [1.54, 1.807) is 6.07 Å². The Morgan fingerprint density at radius 2 is 2.00 bits per heavy atom. The van der Waals surface area contributed by atoms with E-state index in [1.165, 1.54) is 0 Å². The lowest BCUT2D eigenvalue weighted by atomic mass is 10.1. The molecule has 26 heavy (non-hydrogen) atoms. The summed E-state index contributed by atoms with van der Waals surface area (Å²) in [6.45, 7) is 5.10. The Balaban J connectivity index is 1.64. The first kappa shape index (κ1) is 17.7. The molecule has 3 aromatic rings. The first-order chi connectivity index (χ1) is 12.7. The van der Waals surface area contributed by atoms with Crippen molar-refractivity contribution in [2.75, 3.05) is 11.9 Å². The molecular weight excluding hydrogens is 328 g/mol. The zero-order chi connectivity index (χ0) is 18.4. The van der Waals surface area contributed by atoms with Crippen molar-refractivity contribution in [3.05, 3.63) is 65.5 Å². The van der Waals surface area contributed by atoms with Gasteiger partial charge >= 0.3 is 0 Å². The number of anilines is 1.